The van der Waals surface area contributed by atoms with Crippen LogP contribution >= 0.6 is 11.8 Å². The summed E-state index contributed by atoms with van der Waals surface area (Å²) in [6.45, 7) is 0. The van der Waals surface area contributed by atoms with Crippen LogP contribution in [0.1, 0.15) is 33.6 Å². The van der Waals surface area contributed by atoms with Gasteiger partial charge in [0.1, 0.15) is 11.1 Å². The predicted octanol–water partition coefficient (Wildman–Crippen LogP) is 3.43. The van der Waals surface area contributed by atoms with E-state index in [4.69, 9.17) is 9.47 Å². The van der Waals surface area contributed by atoms with Crippen LogP contribution in [0.3, 0.4) is 0 Å². The summed E-state index contributed by atoms with van der Waals surface area (Å²) in [6.07, 6.45) is 3.00. The second kappa shape index (κ2) is 7.58. The maximum atomic E-state index is 12.5. The number of pyridine rings is 1. The standard InChI is InChI=1S/C19H18N2O3S/c1-23-17-7-6-13(9-18(17)24-2)16(22)11-25-19-14(10-20)8-12-4-3-5-15(12)21-19/h6-9H,3-5,11H2,1-2H3. The Hall–Kier alpha value is -2.52. The van der Waals surface area contributed by atoms with Crippen LogP contribution in [0.2, 0.25) is 0 Å². The van der Waals surface area contributed by atoms with E-state index in [1.807, 2.05) is 6.07 Å². The van der Waals surface area contributed by atoms with Crippen LogP contribution in [0.5, 0.6) is 11.5 Å². The molecule has 0 fully saturated rings. The molecule has 0 N–H and O–H groups in total. The van der Waals surface area contributed by atoms with Crippen LogP contribution < -0.4 is 9.47 Å². The Balaban J connectivity index is 1.76. The molecule has 0 unspecified atom stereocenters. The molecule has 0 saturated heterocycles. The zero-order valence-corrected chi connectivity index (χ0v) is 15.0. The van der Waals surface area contributed by atoms with Crippen molar-refractivity contribution in [3.05, 3.63) is 46.6 Å². The lowest BCUT2D eigenvalue weighted by Gasteiger charge is -2.09. The van der Waals surface area contributed by atoms with Crippen molar-refractivity contribution in [2.45, 2.75) is 24.3 Å². The van der Waals surface area contributed by atoms with Gasteiger partial charge in [0.2, 0.25) is 0 Å². The molecule has 1 aliphatic rings. The van der Waals surface area contributed by atoms with E-state index < -0.39 is 0 Å². The van der Waals surface area contributed by atoms with Crippen molar-refractivity contribution in [3.8, 4) is 17.6 Å². The van der Waals surface area contributed by atoms with E-state index in [1.54, 1.807) is 25.3 Å². The second-order valence-electron chi connectivity index (χ2n) is 5.69. The first kappa shape index (κ1) is 17.3. The number of fused-ring (bicyclic) bond motifs is 1. The molecule has 1 heterocycles. The summed E-state index contributed by atoms with van der Waals surface area (Å²) in [5.41, 5.74) is 3.31. The molecule has 0 saturated carbocycles. The number of nitrogens with zero attached hydrogens (tertiary/aromatic N) is 2. The molecule has 6 heteroatoms. The van der Waals surface area contributed by atoms with Crippen LogP contribution in [-0.2, 0) is 12.8 Å². The van der Waals surface area contributed by atoms with E-state index in [2.05, 4.69) is 11.1 Å². The van der Waals surface area contributed by atoms with E-state index >= 15 is 0 Å². The zero-order chi connectivity index (χ0) is 17.8. The summed E-state index contributed by atoms with van der Waals surface area (Å²) in [5.74, 6) is 1.28. The molecular formula is C19H18N2O3S. The molecule has 3 rings (SSSR count). The van der Waals surface area contributed by atoms with Crippen LogP contribution in [-0.4, -0.2) is 30.7 Å². The number of Topliss-reactive ketones (excluding diaryl/α,β-unsaturated/α-hetero) is 1. The molecule has 1 aliphatic carbocycles. The normalized spacial score (nSPS) is 12.4. The van der Waals surface area contributed by atoms with Crippen LogP contribution in [0.15, 0.2) is 29.3 Å². The molecule has 2 aromatic rings. The molecule has 1 aromatic carbocycles. The van der Waals surface area contributed by atoms with Crippen molar-refractivity contribution in [2.75, 3.05) is 20.0 Å². The van der Waals surface area contributed by atoms with Gasteiger partial charge in [0.05, 0.1) is 25.5 Å². The number of benzene rings is 1. The highest BCUT2D eigenvalue weighted by molar-refractivity contribution is 8.00. The third kappa shape index (κ3) is 3.62. The predicted molar refractivity (Wildman–Crippen MR) is 95.6 cm³/mol. The third-order valence-corrected chi connectivity index (χ3v) is 5.17. The minimum absolute atomic E-state index is 0.0443. The number of nitriles is 1. The number of hydrogen-bond acceptors (Lipinski definition) is 6. The Labute approximate surface area is 151 Å². The minimum atomic E-state index is -0.0443. The third-order valence-electron chi connectivity index (χ3n) is 4.18. The number of thioether (sulfide) groups is 1. The smallest absolute Gasteiger partial charge is 0.173 e. The van der Waals surface area contributed by atoms with Crippen molar-refractivity contribution in [2.24, 2.45) is 0 Å². The Morgan fingerprint density at radius 3 is 2.76 bits per heavy atom. The lowest BCUT2D eigenvalue weighted by molar-refractivity contribution is 0.102. The van der Waals surface area contributed by atoms with Gasteiger partial charge in [-0.1, -0.05) is 11.8 Å². The Bertz CT molecular complexity index is 858. The van der Waals surface area contributed by atoms with E-state index in [0.717, 1.165) is 30.5 Å². The fourth-order valence-electron chi connectivity index (χ4n) is 2.87. The molecule has 5 nitrogen and oxygen atoms in total. The first-order chi connectivity index (χ1) is 12.2. The highest BCUT2D eigenvalue weighted by Gasteiger charge is 2.18. The quantitative estimate of drug-likeness (QED) is 0.584. The highest BCUT2D eigenvalue weighted by Crippen LogP contribution is 2.30. The number of ketones is 1. The maximum absolute atomic E-state index is 12.5. The summed E-state index contributed by atoms with van der Waals surface area (Å²) in [6, 6.07) is 9.20. The molecule has 0 amide bonds. The number of methoxy groups -OCH3 is 2. The summed E-state index contributed by atoms with van der Waals surface area (Å²) in [4.78, 5) is 17.1. The molecular weight excluding hydrogens is 336 g/mol. The number of hydrogen-bond donors (Lipinski definition) is 0. The van der Waals surface area contributed by atoms with Crippen molar-refractivity contribution in [3.63, 3.8) is 0 Å². The average Bonchev–Trinajstić information content (AvgIpc) is 3.11. The van der Waals surface area contributed by atoms with E-state index in [1.165, 1.54) is 18.9 Å². The first-order valence-corrected chi connectivity index (χ1v) is 8.95. The minimum Gasteiger partial charge on any atom is -0.493 e. The Morgan fingerprint density at radius 2 is 2.04 bits per heavy atom. The van der Waals surface area contributed by atoms with Crippen LogP contribution in [0, 0.1) is 11.3 Å². The summed E-state index contributed by atoms with van der Waals surface area (Å²) < 4.78 is 10.4. The SMILES string of the molecule is COc1ccc(C(=O)CSc2nc3c(cc2C#N)CCC3)cc1OC. The number of rotatable bonds is 6. The molecule has 1 aromatic heterocycles. The Kier molecular flexibility index (Phi) is 5.25. The van der Waals surface area contributed by atoms with Crippen molar-refractivity contribution >= 4 is 17.5 Å². The molecule has 0 atom stereocenters. The monoisotopic (exact) mass is 354 g/mol. The molecule has 0 bridgehead atoms. The number of aromatic nitrogens is 1. The zero-order valence-electron chi connectivity index (χ0n) is 14.2. The first-order valence-electron chi connectivity index (χ1n) is 7.97. The summed E-state index contributed by atoms with van der Waals surface area (Å²) >= 11 is 1.31. The molecule has 0 radical (unpaired) electrons. The van der Waals surface area contributed by atoms with Crippen molar-refractivity contribution in [1.82, 2.24) is 4.98 Å². The highest BCUT2D eigenvalue weighted by atomic mass is 32.2. The van der Waals surface area contributed by atoms with Gasteiger partial charge in [-0.3, -0.25) is 4.79 Å². The van der Waals surface area contributed by atoms with E-state index in [-0.39, 0.29) is 11.5 Å². The average molecular weight is 354 g/mol. The topological polar surface area (TPSA) is 72.2 Å². The largest absolute Gasteiger partial charge is 0.493 e. The van der Waals surface area contributed by atoms with Crippen LogP contribution in [0.25, 0.3) is 0 Å². The lowest BCUT2D eigenvalue weighted by atomic mass is 10.1. The van der Waals surface area contributed by atoms with Gasteiger partial charge in [-0.2, -0.15) is 5.26 Å². The number of aryl methyl sites for hydroxylation is 2. The Morgan fingerprint density at radius 1 is 1.24 bits per heavy atom. The van der Waals surface area contributed by atoms with E-state index in [0.29, 0.717) is 27.7 Å². The fourth-order valence-corrected chi connectivity index (χ4v) is 3.74. The number of carbonyl (C=O) groups excluding carboxylic acids is 1. The second-order valence-corrected chi connectivity index (χ2v) is 6.66. The molecule has 0 spiro atoms. The van der Waals surface area contributed by atoms with Gasteiger partial charge in [0, 0.05) is 11.3 Å². The van der Waals surface area contributed by atoms with Gasteiger partial charge in [0.15, 0.2) is 17.3 Å². The maximum Gasteiger partial charge on any atom is 0.173 e. The number of carbonyl (C=O) groups is 1. The molecule has 0 aliphatic heterocycles. The van der Waals surface area contributed by atoms with Gasteiger partial charge in [-0.25, -0.2) is 4.98 Å². The van der Waals surface area contributed by atoms with Crippen molar-refractivity contribution in [1.29, 1.82) is 5.26 Å². The van der Waals surface area contributed by atoms with Gasteiger partial charge in [-0.05, 0) is 49.1 Å². The lowest BCUT2D eigenvalue weighted by Crippen LogP contribution is -2.05. The number of ether oxygens (including phenoxy) is 2. The van der Waals surface area contributed by atoms with Crippen LogP contribution in [0.4, 0.5) is 0 Å². The van der Waals surface area contributed by atoms with Crippen molar-refractivity contribution < 1.29 is 14.3 Å². The molecule has 128 valence electrons. The molecule has 25 heavy (non-hydrogen) atoms. The summed E-state index contributed by atoms with van der Waals surface area (Å²) in [5, 5.41) is 9.98. The van der Waals surface area contributed by atoms with Gasteiger partial charge < -0.3 is 9.47 Å². The van der Waals surface area contributed by atoms with Gasteiger partial charge in [-0.15, -0.1) is 0 Å². The fraction of sp³-hybridized carbons (Fsp3) is 0.316. The van der Waals surface area contributed by atoms with Gasteiger partial charge in [0.25, 0.3) is 0 Å². The van der Waals surface area contributed by atoms with Gasteiger partial charge >= 0.3 is 0 Å². The summed E-state index contributed by atoms with van der Waals surface area (Å²) in [7, 11) is 3.09. The van der Waals surface area contributed by atoms with E-state index in [9.17, 15) is 10.1 Å².